The fourth-order valence-corrected chi connectivity index (χ4v) is 0.350. The Kier molecular flexibility index (Phi) is 3.49. The molecule has 0 bridgehead atoms. The molecule has 0 saturated heterocycles. The Bertz CT molecular complexity index is 143. The molecule has 0 aromatic rings. The minimum absolute atomic E-state index is 0.125. The molecule has 0 aliphatic heterocycles. The maximum Gasteiger partial charge on any atom is 0.322 e. The van der Waals surface area contributed by atoms with E-state index in [0.717, 1.165) is 0 Å². The molecule has 0 saturated carbocycles. The molecule has 4 N–H and O–H groups in total. The molecule has 0 fully saturated rings. The summed E-state index contributed by atoms with van der Waals surface area (Å²) in [5.41, 5.74) is 5.91. The molecule has 1 unspecified atom stereocenters. The van der Waals surface area contributed by atoms with Crippen molar-refractivity contribution >= 4 is 5.97 Å². The SMILES string of the molecule is C=C(NCC(=O)O)C(C)N. The van der Waals surface area contributed by atoms with Gasteiger partial charge in [0.25, 0.3) is 0 Å². The largest absolute Gasteiger partial charge is 0.480 e. The third kappa shape index (κ3) is 3.91. The lowest BCUT2D eigenvalue weighted by Gasteiger charge is -2.09. The standard InChI is InChI=1S/C6H12N2O2/c1-4(7)5(2)8-3-6(9)10/h4,8H,2-3,7H2,1H3,(H,9,10). The van der Waals surface area contributed by atoms with Gasteiger partial charge in [-0.1, -0.05) is 6.58 Å². The zero-order valence-electron chi connectivity index (χ0n) is 5.92. The molecule has 4 heteroatoms. The minimum Gasteiger partial charge on any atom is -0.480 e. The van der Waals surface area contributed by atoms with Crippen molar-refractivity contribution in [2.75, 3.05) is 6.54 Å². The first kappa shape index (κ1) is 8.97. The highest BCUT2D eigenvalue weighted by Crippen LogP contribution is 1.87. The van der Waals surface area contributed by atoms with Crippen LogP contribution in [0.1, 0.15) is 6.92 Å². The van der Waals surface area contributed by atoms with Crippen LogP contribution in [0.15, 0.2) is 12.3 Å². The number of carboxylic acid groups (broad SMARTS) is 1. The number of carboxylic acids is 1. The van der Waals surface area contributed by atoms with Gasteiger partial charge in [0.05, 0.1) is 0 Å². The van der Waals surface area contributed by atoms with Crippen molar-refractivity contribution < 1.29 is 9.90 Å². The van der Waals surface area contributed by atoms with E-state index >= 15 is 0 Å². The maximum atomic E-state index is 9.98. The summed E-state index contributed by atoms with van der Waals surface area (Å²) in [7, 11) is 0. The van der Waals surface area contributed by atoms with Crippen LogP contribution in [-0.4, -0.2) is 23.7 Å². The number of hydrogen-bond donors (Lipinski definition) is 3. The first-order valence-electron chi connectivity index (χ1n) is 2.94. The van der Waals surface area contributed by atoms with E-state index in [4.69, 9.17) is 10.8 Å². The molecule has 4 nitrogen and oxygen atoms in total. The highest BCUT2D eigenvalue weighted by Gasteiger charge is 2.00. The molecule has 0 aromatic carbocycles. The van der Waals surface area contributed by atoms with Crippen LogP contribution in [-0.2, 0) is 4.79 Å². The second kappa shape index (κ2) is 3.90. The van der Waals surface area contributed by atoms with Gasteiger partial charge in [0, 0.05) is 11.7 Å². The zero-order chi connectivity index (χ0) is 8.15. The first-order valence-corrected chi connectivity index (χ1v) is 2.94. The smallest absolute Gasteiger partial charge is 0.322 e. The molecule has 1 atom stereocenters. The quantitative estimate of drug-likeness (QED) is 0.498. The first-order chi connectivity index (χ1) is 4.54. The summed E-state index contributed by atoms with van der Waals surface area (Å²) in [5.74, 6) is -0.915. The van der Waals surface area contributed by atoms with Crippen LogP contribution in [0.2, 0.25) is 0 Å². The normalized spacial score (nSPS) is 12.2. The van der Waals surface area contributed by atoms with Gasteiger partial charge in [-0.15, -0.1) is 0 Å². The van der Waals surface area contributed by atoms with E-state index in [-0.39, 0.29) is 12.6 Å². The van der Waals surface area contributed by atoms with Gasteiger partial charge in [-0.25, -0.2) is 0 Å². The van der Waals surface area contributed by atoms with E-state index in [1.807, 2.05) is 0 Å². The van der Waals surface area contributed by atoms with Crippen molar-refractivity contribution in [3.63, 3.8) is 0 Å². The molecule has 58 valence electrons. The number of aliphatic carboxylic acids is 1. The zero-order valence-corrected chi connectivity index (χ0v) is 5.92. The van der Waals surface area contributed by atoms with Crippen LogP contribution in [0.3, 0.4) is 0 Å². The lowest BCUT2D eigenvalue weighted by atomic mass is 10.3. The van der Waals surface area contributed by atoms with Gasteiger partial charge >= 0.3 is 5.97 Å². The highest BCUT2D eigenvalue weighted by atomic mass is 16.4. The number of hydrogen-bond acceptors (Lipinski definition) is 3. The molecule has 0 aliphatic carbocycles. The molecule has 0 amide bonds. The summed E-state index contributed by atoms with van der Waals surface area (Å²) in [5, 5.41) is 10.8. The van der Waals surface area contributed by atoms with Crippen molar-refractivity contribution in [1.82, 2.24) is 5.32 Å². The molecule has 0 radical (unpaired) electrons. The number of rotatable bonds is 4. The summed E-state index contributed by atoms with van der Waals surface area (Å²) in [4.78, 5) is 9.98. The molecule has 0 spiro atoms. The monoisotopic (exact) mass is 144 g/mol. The van der Waals surface area contributed by atoms with Crippen LogP contribution in [0.25, 0.3) is 0 Å². The van der Waals surface area contributed by atoms with Crippen molar-refractivity contribution in [1.29, 1.82) is 0 Å². The van der Waals surface area contributed by atoms with Gasteiger partial charge < -0.3 is 16.2 Å². The Morgan fingerprint density at radius 3 is 2.70 bits per heavy atom. The van der Waals surface area contributed by atoms with Gasteiger partial charge in [-0.05, 0) is 6.92 Å². The maximum absolute atomic E-state index is 9.98. The summed E-state index contributed by atoms with van der Waals surface area (Å²) >= 11 is 0. The molecular weight excluding hydrogens is 132 g/mol. The van der Waals surface area contributed by atoms with Gasteiger partial charge in [-0.3, -0.25) is 4.79 Å². The molecule has 0 aliphatic rings. The molecule has 10 heavy (non-hydrogen) atoms. The van der Waals surface area contributed by atoms with E-state index in [0.29, 0.717) is 5.70 Å². The van der Waals surface area contributed by atoms with E-state index in [1.54, 1.807) is 6.92 Å². The van der Waals surface area contributed by atoms with Crippen LogP contribution >= 0.6 is 0 Å². The Morgan fingerprint density at radius 1 is 1.90 bits per heavy atom. The number of nitrogens with two attached hydrogens (primary N) is 1. The van der Waals surface area contributed by atoms with Gasteiger partial charge in [0.2, 0.25) is 0 Å². The third-order valence-electron chi connectivity index (χ3n) is 1.02. The lowest BCUT2D eigenvalue weighted by Crippen LogP contribution is -2.31. The van der Waals surface area contributed by atoms with E-state index in [2.05, 4.69) is 11.9 Å². The Labute approximate surface area is 59.7 Å². The number of carbonyl (C=O) groups is 1. The van der Waals surface area contributed by atoms with Crippen molar-refractivity contribution in [2.45, 2.75) is 13.0 Å². The van der Waals surface area contributed by atoms with Crippen molar-refractivity contribution in [2.24, 2.45) is 5.73 Å². The lowest BCUT2D eigenvalue weighted by molar-refractivity contribution is -0.135. The van der Waals surface area contributed by atoms with Crippen LogP contribution in [0.5, 0.6) is 0 Å². The highest BCUT2D eigenvalue weighted by molar-refractivity contribution is 5.69. The summed E-state index contributed by atoms with van der Waals surface area (Å²) < 4.78 is 0. The van der Waals surface area contributed by atoms with Crippen molar-refractivity contribution in [3.05, 3.63) is 12.3 Å². The Hall–Kier alpha value is -1.03. The Morgan fingerprint density at radius 2 is 2.40 bits per heavy atom. The average molecular weight is 144 g/mol. The number of nitrogens with one attached hydrogen (secondary N) is 1. The third-order valence-corrected chi connectivity index (χ3v) is 1.02. The van der Waals surface area contributed by atoms with Crippen LogP contribution < -0.4 is 11.1 Å². The van der Waals surface area contributed by atoms with Crippen molar-refractivity contribution in [3.8, 4) is 0 Å². The predicted octanol–water partition coefficient (Wildman–Crippen LogP) is -0.478. The second-order valence-corrected chi connectivity index (χ2v) is 2.06. The van der Waals surface area contributed by atoms with Crippen LogP contribution in [0, 0.1) is 0 Å². The van der Waals surface area contributed by atoms with Gasteiger partial charge in [0.1, 0.15) is 6.54 Å². The minimum atomic E-state index is -0.915. The fraction of sp³-hybridized carbons (Fsp3) is 0.500. The van der Waals surface area contributed by atoms with Crippen LogP contribution in [0.4, 0.5) is 0 Å². The van der Waals surface area contributed by atoms with Gasteiger partial charge in [0.15, 0.2) is 0 Å². The molecular formula is C6H12N2O2. The van der Waals surface area contributed by atoms with Gasteiger partial charge in [-0.2, -0.15) is 0 Å². The summed E-state index contributed by atoms with van der Waals surface area (Å²) in [6.07, 6.45) is 0. The predicted molar refractivity (Wildman–Crippen MR) is 38.4 cm³/mol. The Balaban J connectivity index is 3.50. The molecule has 0 aromatic heterocycles. The average Bonchev–Trinajstić information content (AvgIpc) is 1.82. The molecule has 0 rings (SSSR count). The van der Waals surface area contributed by atoms with E-state index in [1.165, 1.54) is 0 Å². The second-order valence-electron chi connectivity index (χ2n) is 2.06. The topological polar surface area (TPSA) is 75.3 Å². The fourth-order valence-electron chi connectivity index (χ4n) is 0.350. The molecule has 0 heterocycles. The summed E-state index contributed by atoms with van der Waals surface area (Å²) in [6.45, 7) is 5.14. The summed E-state index contributed by atoms with van der Waals surface area (Å²) in [6, 6.07) is -0.209. The van der Waals surface area contributed by atoms with E-state index in [9.17, 15) is 4.79 Å². The van der Waals surface area contributed by atoms with E-state index < -0.39 is 5.97 Å².